The first-order valence-electron chi connectivity index (χ1n) is 6.68. The fourth-order valence-electron chi connectivity index (χ4n) is 2.76. The molecule has 3 heteroatoms. The highest BCUT2D eigenvalue weighted by Gasteiger charge is 2.18. The molecule has 0 unspecified atom stereocenters. The molecule has 0 saturated heterocycles. The highest BCUT2D eigenvalue weighted by Crippen LogP contribution is 2.27. The number of nitrogens with two attached hydrogens (primary N) is 1. The lowest BCUT2D eigenvalue weighted by Crippen LogP contribution is -2.32. The van der Waals surface area contributed by atoms with E-state index in [2.05, 4.69) is 23.0 Å². The second-order valence-corrected chi connectivity index (χ2v) is 4.96. The molecular weight excluding hydrogens is 210 g/mol. The number of pyridine rings is 1. The van der Waals surface area contributed by atoms with Gasteiger partial charge in [0.1, 0.15) is 0 Å². The molecular formula is C14H23N3. The number of rotatable bonds is 3. The normalized spacial score (nSPS) is 17.8. The molecule has 1 saturated carbocycles. The lowest BCUT2D eigenvalue weighted by molar-refractivity contribution is 0.551. The van der Waals surface area contributed by atoms with Gasteiger partial charge in [0, 0.05) is 43.3 Å². The second-order valence-electron chi connectivity index (χ2n) is 4.96. The Morgan fingerprint density at radius 3 is 2.65 bits per heavy atom. The Balaban J connectivity index is 2.14. The average Bonchev–Trinajstić information content (AvgIpc) is 2.66. The van der Waals surface area contributed by atoms with E-state index in [4.69, 9.17) is 5.73 Å². The maximum absolute atomic E-state index is 5.78. The quantitative estimate of drug-likeness (QED) is 0.816. The van der Waals surface area contributed by atoms with E-state index in [9.17, 15) is 0 Å². The average molecular weight is 233 g/mol. The molecule has 1 aliphatic rings. The van der Waals surface area contributed by atoms with Crippen molar-refractivity contribution in [3.8, 4) is 0 Å². The van der Waals surface area contributed by atoms with E-state index in [1.807, 2.05) is 12.4 Å². The van der Waals surface area contributed by atoms with Gasteiger partial charge in [-0.25, -0.2) is 0 Å². The molecule has 1 aromatic heterocycles. The van der Waals surface area contributed by atoms with Crippen LogP contribution in [0.1, 0.15) is 44.1 Å². The van der Waals surface area contributed by atoms with E-state index in [0.717, 1.165) is 5.56 Å². The van der Waals surface area contributed by atoms with Crippen molar-refractivity contribution in [2.24, 2.45) is 5.73 Å². The molecule has 1 aliphatic carbocycles. The first-order valence-corrected chi connectivity index (χ1v) is 6.68. The van der Waals surface area contributed by atoms with Crippen molar-refractivity contribution < 1.29 is 0 Å². The molecule has 2 rings (SSSR count). The standard InChI is InChI=1S/C14H23N3/c1-17(13-6-4-2-3-5-7-13)14-8-9-16-11-12(14)10-15/h8-9,11,13H,2-7,10,15H2,1H3. The van der Waals surface area contributed by atoms with Crippen LogP contribution in [0.15, 0.2) is 18.5 Å². The zero-order valence-corrected chi connectivity index (χ0v) is 10.7. The van der Waals surface area contributed by atoms with Gasteiger partial charge in [0.05, 0.1) is 0 Å². The summed E-state index contributed by atoms with van der Waals surface area (Å²) in [5.41, 5.74) is 8.19. The van der Waals surface area contributed by atoms with E-state index in [0.29, 0.717) is 12.6 Å². The molecule has 0 atom stereocenters. The van der Waals surface area contributed by atoms with Gasteiger partial charge < -0.3 is 10.6 Å². The van der Waals surface area contributed by atoms with Crippen molar-refractivity contribution in [2.75, 3.05) is 11.9 Å². The van der Waals surface area contributed by atoms with Gasteiger partial charge in [0.15, 0.2) is 0 Å². The Bertz CT molecular complexity index is 343. The Labute approximate surface area is 104 Å². The van der Waals surface area contributed by atoms with Gasteiger partial charge in [-0.1, -0.05) is 25.7 Å². The summed E-state index contributed by atoms with van der Waals surface area (Å²) >= 11 is 0. The molecule has 3 nitrogen and oxygen atoms in total. The van der Waals surface area contributed by atoms with E-state index < -0.39 is 0 Å². The van der Waals surface area contributed by atoms with Crippen LogP contribution in [0.4, 0.5) is 5.69 Å². The van der Waals surface area contributed by atoms with Crippen molar-refractivity contribution in [2.45, 2.75) is 51.1 Å². The molecule has 0 aliphatic heterocycles. The predicted octanol–water partition coefficient (Wildman–Crippen LogP) is 2.70. The highest BCUT2D eigenvalue weighted by molar-refractivity contribution is 5.52. The second kappa shape index (κ2) is 6.01. The van der Waals surface area contributed by atoms with Crippen molar-refractivity contribution >= 4 is 5.69 Å². The Kier molecular flexibility index (Phi) is 4.37. The third-order valence-electron chi connectivity index (χ3n) is 3.85. The lowest BCUT2D eigenvalue weighted by atomic mass is 10.1. The molecule has 0 radical (unpaired) electrons. The van der Waals surface area contributed by atoms with Crippen molar-refractivity contribution in [3.63, 3.8) is 0 Å². The van der Waals surface area contributed by atoms with E-state index in [1.165, 1.54) is 44.2 Å². The number of anilines is 1. The van der Waals surface area contributed by atoms with Gasteiger partial charge in [-0.05, 0) is 18.9 Å². The SMILES string of the molecule is CN(c1ccncc1CN)C1CCCCCC1. The van der Waals surface area contributed by atoms with Crippen molar-refractivity contribution in [3.05, 3.63) is 24.0 Å². The first-order chi connectivity index (χ1) is 8.33. The maximum atomic E-state index is 5.78. The predicted molar refractivity (Wildman–Crippen MR) is 72.0 cm³/mol. The van der Waals surface area contributed by atoms with Crippen LogP contribution in [-0.2, 0) is 6.54 Å². The molecule has 0 spiro atoms. The maximum Gasteiger partial charge on any atom is 0.0442 e. The summed E-state index contributed by atoms with van der Waals surface area (Å²) in [5, 5.41) is 0. The van der Waals surface area contributed by atoms with Gasteiger partial charge in [-0.3, -0.25) is 4.98 Å². The van der Waals surface area contributed by atoms with E-state index in [1.54, 1.807) is 0 Å². The van der Waals surface area contributed by atoms with E-state index in [-0.39, 0.29) is 0 Å². The largest absolute Gasteiger partial charge is 0.371 e. The molecule has 1 fully saturated rings. The molecule has 94 valence electrons. The molecule has 1 heterocycles. The zero-order chi connectivity index (χ0) is 12.1. The van der Waals surface area contributed by atoms with Crippen LogP contribution >= 0.6 is 0 Å². The summed E-state index contributed by atoms with van der Waals surface area (Å²) in [4.78, 5) is 6.57. The Morgan fingerprint density at radius 2 is 2.00 bits per heavy atom. The lowest BCUT2D eigenvalue weighted by Gasteiger charge is -2.30. The van der Waals surface area contributed by atoms with Crippen LogP contribution in [0, 0.1) is 0 Å². The monoisotopic (exact) mass is 233 g/mol. The third kappa shape index (κ3) is 2.97. The van der Waals surface area contributed by atoms with Crippen molar-refractivity contribution in [1.29, 1.82) is 0 Å². The van der Waals surface area contributed by atoms with Gasteiger partial charge in [0.25, 0.3) is 0 Å². The Morgan fingerprint density at radius 1 is 1.29 bits per heavy atom. The molecule has 1 aromatic rings. The topological polar surface area (TPSA) is 42.2 Å². The van der Waals surface area contributed by atoms with Crippen molar-refractivity contribution in [1.82, 2.24) is 4.98 Å². The first kappa shape index (κ1) is 12.4. The number of nitrogens with zero attached hydrogens (tertiary/aromatic N) is 2. The van der Waals surface area contributed by atoms with Crippen LogP contribution in [0.5, 0.6) is 0 Å². The molecule has 0 aromatic carbocycles. The molecule has 2 N–H and O–H groups in total. The smallest absolute Gasteiger partial charge is 0.0442 e. The fraction of sp³-hybridized carbons (Fsp3) is 0.643. The summed E-state index contributed by atoms with van der Waals surface area (Å²) in [5.74, 6) is 0. The highest BCUT2D eigenvalue weighted by atomic mass is 15.1. The summed E-state index contributed by atoms with van der Waals surface area (Å²) in [6.45, 7) is 0.570. The van der Waals surface area contributed by atoms with Crippen LogP contribution < -0.4 is 10.6 Å². The summed E-state index contributed by atoms with van der Waals surface area (Å²) < 4.78 is 0. The third-order valence-corrected chi connectivity index (χ3v) is 3.85. The summed E-state index contributed by atoms with van der Waals surface area (Å²) in [6.07, 6.45) is 11.9. The van der Waals surface area contributed by atoms with E-state index >= 15 is 0 Å². The van der Waals surface area contributed by atoms with Crippen LogP contribution in [0.3, 0.4) is 0 Å². The van der Waals surface area contributed by atoms with Crippen LogP contribution in [0.25, 0.3) is 0 Å². The van der Waals surface area contributed by atoms with Crippen LogP contribution in [-0.4, -0.2) is 18.1 Å². The van der Waals surface area contributed by atoms with Gasteiger partial charge >= 0.3 is 0 Å². The zero-order valence-electron chi connectivity index (χ0n) is 10.7. The number of aromatic nitrogens is 1. The Hall–Kier alpha value is -1.09. The number of hydrogen-bond acceptors (Lipinski definition) is 3. The van der Waals surface area contributed by atoms with Gasteiger partial charge in [-0.15, -0.1) is 0 Å². The number of hydrogen-bond donors (Lipinski definition) is 1. The fourth-order valence-corrected chi connectivity index (χ4v) is 2.76. The minimum absolute atomic E-state index is 0.570. The summed E-state index contributed by atoms with van der Waals surface area (Å²) in [6, 6.07) is 2.76. The molecule has 17 heavy (non-hydrogen) atoms. The van der Waals surface area contributed by atoms with Gasteiger partial charge in [-0.2, -0.15) is 0 Å². The van der Waals surface area contributed by atoms with Gasteiger partial charge in [0.2, 0.25) is 0 Å². The molecule has 0 bridgehead atoms. The summed E-state index contributed by atoms with van der Waals surface area (Å²) in [7, 11) is 2.20. The minimum atomic E-state index is 0.570. The minimum Gasteiger partial charge on any atom is -0.371 e. The van der Waals surface area contributed by atoms with Crippen LogP contribution in [0.2, 0.25) is 0 Å². The molecule has 0 amide bonds.